The van der Waals surface area contributed by atoms with E-state index in [-0.39, 0.29) is 4.83 Å². The van der Waals surface area contributed by atoms with E-state index in [1.54, 1.807) is 25.6 Å². The monoisotopic (exact) mass is 468 g/mol. The van der Waals surface area contributed by atoms with Crippen LogP contribution in [0.1, 0.15) is 15.3 Å². The van der Waals surface area contributed by atoms with Crippen LogP contribution < -0.4 is 9.47 Å². The summed E-state index contributed by atoms with van der Waals surface area (Å²) in [5.74, 6) is 1.54. The van der Waals surface area contributed by atoms with E-state index in [1.807, 2.05) is 18.2 Å². The molecule has 102 valence electrons. The van der Waals surface area contributed by atoms with E-state index < -0.39 is 0 Å². The predicted octanol–water partition coefficient (Wildman–Crippen LogP) is 5.77. The van der Waals surface area contributed by atoms with Crippen LogP contribution in [0.4, 0.5) is 0 Å². The lowest BCUT2D eigenvalue weighted by atomic mass is 10.1. The van der Waals surface area contributed by atoms with E-state index in [2.05, 4.69) is 53.9 Å². The predicted molar refractivity (Wildman–Crippen MR) is 90.0 cm³/mol. The Labute approximate surface area is 141 Å². The minimum absolute atomic E-state index is 0.0842. The first-order valence-corrected chi connectivity index (χ1v) is 8.70. The van der Waals surface area contributed by atoms with Crippen molar-refractivity contribution in [2.24, 2.45) is 0 Å². The van der Waals surface area contributed by atoms with Gasteiger partial charge < -0.3 is 9.47 Å². The van der Waals surface area contributed by atoms with Crippen molar-refractivity contribution in [3.8, 4) is 11.5 Å². The average Bonchev–Trinajstić information content (AvgIpc) is 2.84. The molecule has 1 aromatic heterocycles. The first kappa shape index (κ1) is 15.4. The van der Waals surface area contributed by atoms with Gasteiger partial charge in [0.25, 0.3) is 0 Å². The maximum absolute atomic E-state index is 5.50. The molecule has 0 N–H and O–H groups in total. The normalized spacial score (nSPS) is 12.3. The highest BCUT2D eigenvalue weighted by Gasteiger charge is 2.20. The summed E-state index contributed by atoms with van der Waals surface area (Å²) in [6, 6.07) is 8.07. The topological polar surface area (TPSA) is 18.5 Å². The van der Waals surface area contributed by atoms with Gasteiger partial charge in [0.05, 0.1) is 22.8 Å². The third kappa shape index (κ3) is 3.17. The van der Waals surface area contributed by atoms with Gasteiger partial charge in [-0.25, -0.2) is 0 Å². The number of hydrogen-bond donors (Lipinski definition) is 0. The van der Waals surface area contributed by atoms with E-state index in [0.29, 0.717) is 0 Å². The minimum atomic E-state index is 0.0842. The molecule has 0 saturated carbocycles. The zero-order valence-corrected chi connectivity index (χ0v) is 15.8. The highest BCUT2D eigenvalue weighted by atomic mass is 79.9. The summed E-state index contributed by atoms with van der Waals surface area (Å²) in [6.45, 7) is 0. The number of rotatable bonds is 4. The lowest BCUT2D eigenvalue weighted by Crippen LogP contribution is -1.98. The summed E-state index contributed by atoms with van der Waals surface area (Å²) >= 11 is 12.4. The van der Waals surface area contributed by atoms with Crippen molar-refractivity contribution in [1.82, 2.24) is 0 Å². The van der Waals surface area contributed by atoms with Crippen LogP contribution in [0, 0.1) is 0 Å². The smallest absolute Gasteiger partial charge is 0.141 e. The standard InChI is InChI=1S/C13H11Br3O2S/c1-17-8-4-3-7(13(18-2)12(8)16)11(15)9-5-6-10(14)19-9/h3-6,11H,1-2H3. The number of halogens is 3. The van der Waals surface area contributed by atoms with Gasteiger partial charge >= 0.3 is 0 Å². The Bertz CT molecular complexity index is 583. The van der Waals surface area contributed by atoms with Gasteiger partial charge in [-0.15, -0.1) is 11.3 Å². The largest absolute Gasteiger partial charge is 0.495 e. The first-order valence-electron chi connectivity index (χ1n) is 5.38. The molecule has 6 heteroatoms. The maximum atomic E-state index is 5.50. The van der Waals surface area contributed by atoms with E-state index in [0.717, 1.165) is 25.3 Å². The van der Waals surface area contributed by atoms with Crippen LogP contribution in [0.5, 0.6) is 11.5 Å². The van der Waals surface area contributed by atoms with Gasteiger partial charge in [0.1, 0.15) is 16.0 Å². The molecule has 0 spiro atoms. The molecule has 0 bridgehead atoms. The zero-order valence-electron chi connectivity index (χ0n) is 10.2. The highest BCUT2D eigenvalue weighted by molar-refractivity contribution is 9.11. The van der Waals surface area contributed by atoms with E-state index in [1.165, 1.54) is 4.88 Å². The lowest BCUT2D eigenvalue weighted by molar-refractivity contribution is 0.387. The summed E-state index contributed by atoms with van der Waals surface area (Å²) in [6.07, 6.45) is 0. The van der Waals surface area contributed by atoms with Crippen LogP contribution in [0.3, 0.4) is 0 Å². The van der Waals surface area contributed by atoms with Gasteiger partial charge in [0.15, 0.2) is 0 Å². The van der Waals surface area contributed by atoms with Crippen molar-refractivity contribution in [3.05, 3.63) is 43.0 Å². The summed E-state index contributed by atoms with van der Waals surface area (Å²) < 4.78 is 12.7. The molecule has 1 heterocycles. The van der Waals surface area contributed by atoms with Gasteiger partial charge in [0, 0.05) is 10.4 Å². The Kier molecular flexibility index (Phi) is 5.34. The maximum Gasteiger partial charge on any atom is 0.141 e. The van der Waals surface area contributed by atoms with Gasteiger partial charge in [0.2, 0.25) is 0 Å². The molecule has 1 atom stereocenters. The van der Waals surface area contributed by atoms with Crippen LogP contribution in [-0.2, 0) is 0 Å². The van der Waals surface area contributed by atoms with Crippen LogP contribution in [0.25, 0.3) is 0 Å². The molecule has 19 heavy (non-hydrogen) atoms. The average molecular weight is 471 g/mol. The third-order valence-electron chi connectivity index (χ3n) is 2.63. The number of alkyl halides is 1. The Balaban J connectivity index is 2.47. The summed E-state index contributed by atoms with van der Waals surface area (Å²) in [5.41, 5.74) is 1.06. The molecule has 0 amide bonds. The van der Waals surface area contributed by atoms with Crippen molar-refractivity contribution in [1.29, 1.82) is 0 Å². The molecule has 2 nitrogen and oxygen atoms in total. The number of ether oxygens (including phenoxy) is 2. The quantitative estimate of drug-likeness (QED) is 0.528. The fraction of sp³-hybridized carbons (Fsp3) is 0.231. The van der Waals surface area contributed by atoms with Crippen molar-refractivity contribution in [2.45, 2.75) is 4.83 Å². The number of thiophene rings is 1. The Morgan fingerprint density at radius 3 is 2.32 bits per heavy atom. The number of benzene rings is 1. The number of methoxy groups -OCH3 is 2. The molecule has 2 rings (SSSR count). The minimum Gasteiger partial charge on any atom is -0.495 e. The Morgan fingerprint density at radius 1 is 1.05 bits per heavy atom. The molecule has 0 aliphatic heterocycles. The van der Waals surface area contributed by atoms with E-state index in [4.69, 9.17) is 9.47 Å². The summed E-state index contributed by atoms with van der Waals surface area (Å²) in [7, 11) is 3.30. The van der Waals surface area contributed by atoms with Crippen molar-refractivity contribution < 1.29 is 9.47 Å². The molecule has 0 saturated heterocycles. The van der Waals surface area contributed by atoms with Crippen molar-refractivity contribution in [2.75, 3.05) is 14.2 Å². The second kappa shape index (κ2) is 6.61. The summed E-state index contributed by atoms with van der Waals surface area (Å²) in [4.78, 5) is 1.29. The molecule has 1 aromatic carbocycles. The molecular weight excluding hydrogens is 460 g/mol. The van der Waals surface area contributed by atoms with Gasteiger partial charge in [-0.2, -0.15) is 0 Å². The highest BCUT2D eigenvalue weighted by Crippen LogP contribution is 2.45. The number of hydrogen-bond acceptors (Lipinski definition) is 3. The van der Waals surface area contributed by atoms with Crippen LogP contribution in [-0.4, -0.2) is 14.2 Å². The summed E-state index contributed by atoms with van der Waals surface area (Å²) in [5, 5.41) is 0. The SMILES string of the molecule is COc1ccc(C(Br)c2ccc(Br)s2)c(OC)c1Br. The van der Waals surface area contributed by atoms with Crippen LogP contribution in [0.2, 0.25) is 0 Å². The van der Waals surface area contributed by atoms with Crippen molar-refractivity contribution >= 4 is 59.1 Å². The third-order valence-corrected chi connectivity index (χ3v) is 6.36. The molecular formula is C13H11Br3O2S. The fourth-order valence-corrected chi connectivity index (χ4v) is 4.63. The molecule has 0 fully saturated rings. The fourth-order valence-electron chi connectivity index (χ4n) is 1.74. The molecule has 1 unspecified atom stereocenters. The molecule has 0 aliphatic rings. The van der Waals surface area contributed by atoms with Gasteiger partial charge in [-0.1, -0.05) is 22.0 Å². The van der Waals surface area contributed by atoms with Gasteiger partial charge in [-0.05, 0) is 50.1 Å². The van der Waals surface area contributed by atoms with Crippen LogP contribution in [0.15, 0.2) is 32.5 Å². The second-order valence-electron chi connectivity index (χ2n) is 3.71. The van der Waals surface area contributed by atoms with E-state index in [9.17, 15) is 0 Å². The lowest BCUT2D eigenvalue weighted by Gasteiger charge is -2.16. The first-order chi connectivity index (χ1) is 9.08. The Morgan fingerprint density at radius 2 is 1.79 bits per heavy atom. The second-order valence-corrected chi connectivity index (χ2v) is 7.91. The molecule has 0 aliphatic carbocycles. The van der Waals surface area contributed by atoms with Crippen molar-refractivity contribution in [3.63, 3.8) is 0 Å². The van der Waals surface area contributed by atoms with Crippen LogP contribution >= 0.6 is 59.1 Å². The molecule has 2 aromatic rings. The van der Waals surface area contributed by atoms with Gasteiger partial charge in [-0.3, -0.25) is 0 Å². The Hall–Kier alpha value is -0.0400. The molecule has 0 radical (unpaired) electrons. The van der Waals surface area contributed by atoms with E-state index >= 15 is 0 Å². The zero-order chi connectivity index (χ0) is 14.0.